The monoisotopic (exact) mass is 189 g/mol. The van der Waals surface area contributed by atoms with Crippen molar-refractivity contribution >= 4 is 5.97 Å². The van der Waals surface area contributed by atoms with Gasteiger partial charge in [0.25, 0.3) is 0 Å². The van der Waals surface area contributed by atoms with E-state index < -0.39 is 23.2 Å². The highest BCUT2D eigenvalue weighted by Gasteiger charge is 2.32. The van der Waals surface area contributed by atoms with E-state index in [-0.39, 0.29) is 0 Å². The second kappa shape index (κ2) is 3.64. The largest absolute Gasteiger partial charge is 0.444 e. The van der Waals surface area contributed by atoms with Gasteiger partial charge in [0.05, 0.1) is 11.5 Å². The maximum absolute atomic E-state index is 11.3. The van der Waals surface area contributed by atoms with E-state index in [1.807, 2.05) is 0 Å². The van der Waals surface area contributed by atoms with Crippen molar-refractivity contribution in [2.75, 3.05) is 0 Å². The first-order chi connectivity index (χ1) is 5.54. The molecule has 0 aliphatic carbocycles. The summed E-state index contributed by atoms with van der Waals surface area (Å²) in [6.07, 6.45) is 0. The third-order valence-electron chi connectivity index (χ3n) is 1.78. The molecule has 0 fully saturated rings. The molecule has 0 aromatic rings. The van der Waals surface area contributed by atoms with Crippen LogP contribution in [0, 0.1) is 5.92 Å². The zero-order valence-corrected chi connectivity index (χ0v) is 8.92. The van der Waals surface area contributed by atoms with Gasteiger partial charge in [-0.2, -0.15) is 0 Å². The highest BCUT2D eigenvalue weighted by atomic mass is 16.6. The molecule has 3 N–H and O–H groups in total. The predicted molar refractivity (Wildman–Crippen MR) is 49.8 cm³/mol. The van der Waals surface area contributed by atoms with Gasteiger partial charge in [-0.15, -0.1) is 0 Å². The maximum atomic E-state index is 11.3. The highest BCUT2D eigenvalue weighted by molar-refractivity contribution is 5.73. The second-order valence-corrected chi connectivity index (χ2v) is 4.40. The first-order valence-electron chi connectivity index (χ1n) is 4.28. The van der Waals surface area contributed by atoms with E-state index in [1.165, 1.54) is 0 Å². The number of esters is 1. The lowest BCUT2D eigenvalue weighted by molar-refractivity contribution is -0.167. The van der Waals surface area contributed by atoms with E-state index in [0.717, 1.165) is 0 Å². The molecule has 0 saturated carbocycles. The topological polar surface area (TPSA) is 72.5 Å². The molecule has 1 unspecified atom stereocenters. The number of ether oxygens (including phenoxy) is 1. The smallest absolute Gasteiger partial charge is 0.313 e. The SMILES string of the molecule is CC(C(=O)OC(C)(C)N)C(C)(C)O. The van der Waals surface area contributed by atoms with Crippen LogP contribution >= 0.6 is 0 Å². The normalized spacial score (nSPS) is 15.3. The first kappa shape index (κ1) is 12.4. The maximum Gasteiger partial charge on any atom is 0.313 e. The van der Waals surface area contributed by atoms with Gasteiger partial charge in [-0.1, -0.05) is 0 Å². The van der Waals surface area contributed by atoms with E-state index in [1.54, 1.807) is 34.6 Å². The fourth-order valence-corrected chi connectivity index (χ4v) is 0.636. The van der Waals surface area contributed by atoms with Gasteiger partial charge in [0.1, 0.15) is 0 Å². The van der Waals surface area contributed by atoms with Crippen molar-refractivity contribution in [3.05, 3.63) is 0 Å². The molecule has 4 heteroatoms. The number of rotatable bonds is 3. The van der Waals surface area contributed by atoms with Crippen LogP contribution in [0.4, 0.5) is 0 Å². The van der Waals surface area contributed by atoms with Crippen LogP contribution in [0.1, 0.15) is 34.6 Å². The third kappa shape index (κ3) is 4.85. The number of carbonyl (C=O) groups is 1. The Kier molecular flexibility index (Phi) is 3.47. The van der Waals surface area contributed by atoms with Crippen LogP contribution in [0.3, 0.4) is 0 Å². The van der Waals surface area contributed by atoms with Crippen LogP contribution in [-0.2, 0) is 9.53 Å². The number of carbonyl (C=O) groups excluding carboxylic acids is 1. The minimum Gasteiger partial charge on any atom is -0.444 e. The van der Waals surface area contributed by atoms with Crippen LogP contribution in [0.5, 0.6) is 0 Å². The summed E-state index contributed by atoms with van der Waals surface area (Å²) in [5.41, 5.74) is 3.42. The Balaban J connectivity index is 4.30. The number of hydrogen-bond acceptors (Lipinski definition) is 4. The quantitative estimate of drug-likeness (QED) is 0.504. The number of nitrogens with two attached hydrogens (primary N) is 1. The molecule has 4 nitrogen and oxygen atoms in total. The molecule has 0 aromatic heterocycles. The van der Waals surface area contributed by atoms with Crippen molar-refractivity contribution in [1.29, 1.82) is 0 Å². The molecule has 13 heavy (non-hydrogen) atoms. The molecule has 1 atom stereocenters. The molecule has 0 heterocycles. The van der Waals surface area contributed by atoms with Gasteiger partial charge in [0, 0.05) is 0 Å². The van der Waals surface area contributed by atoms with Gasteiger partial charge < -0.3 is 9.84 Å². The second-order valence-electron chi connectivity index (χ2n) is 4.40. The fraction of sp³-hybridized carbons (Fsp3) is 0.889. The van der Waals surface area contributed by atoms with Gasteiger partial charge in [-0.05, 0) is 34.6 Å². The van der Waals surface area contributed by atoms with Crippen LogP contribution < -0.4 is 5.73 Å². The van der Waals surface area contributed by atoms with E-state index in [9.17, 15) is 9.90 Å². The van der Waals surface area contributed by atoms with Crippen LogP contribution in [-0.4, -0.2) is 22.4 Å². The molecule has 78 valence electrons. The molecule has 0 bridgehead atoms. The van der Waals surface area contributed by atoms with Gasteiger partial charge in [-0.3, -0.25) is 10.5 Å². The Morgan fingerprint density at radius 2 is 1.77 bits per heavy atom. The molecule has 0 aliphatic rings. The lowest BCUT2D eigenvalue weighted by Gasteiger charge is -2.28. The lowest BCUT2D eigenvalue weighted by atomic mass is 9.93. The first-order valence-corrected chi connectivity index (χ1v) is 4.28. The van der Waals surface area contributed by atoms with Crippen molar-refractivity contribution in [2.45, 2.75) is 45.9 Å². The fourth-order valence-electron chi connectivity index (χ4n) is 0.636. The molecule has 0 aromatic carbocycles. The summed E-state index contributed by atoms with van der Waals surface area (Å²) in [4.78, 5) is 11.3. The Hall–Kier alpha value is -0.610. The summed E-state index contributed by atoms with van der Waals surface area (Å²) < 4.78 is 4.90. The van der Waals surface area contributed by atoms with Crippen molar-refractivity contribution in [1.82, 2.24) is 0 Å². The minimum atomic E-state index is -1.08. The van der Waals surface area contributed by atoms with Gasteiger partial charge in [-0.25, -0.2) is 0 Å². The Labute approximate surface area is 79.1 Å². The molecular formula is C9H19NO3. The minimum absolute atomic E-state index is 0.486. The summed E-state index contributed by atoms with van der Waals surface area (Å²) in [6.45, 7) is 7.89. The summed E-state index contributed by atoms with van der Waals surface area (Å²) >= 11 is 0. The molecule has 0 rings (SSSR count). The van der Waals surface area contributed by atoms with E-state index >= 15 is 0 Å². The molecule has 0 radical (unpaired) electrons. The average Bonchev–Trinajstić information content (AvgIpc) is 1.79. The van der Waals surface area contributed by atoms with Gasteiger partial charge in [0.15, 0.2) is 5.72 Å². The summed E-state index contributed by atoms with van der Waals surface area (Å²) in [6, 6.07) is 0. The standard InChI is InChI=1S/C9H19NO3/c1-6(8(2,3)12)7(11)13-9(4,5)10/h6,12H,10H2,1-5H3. The van der Waals surface area contributed by atoms with Gasteiger partial charge in [0.2, 0.25) is 0 Å². The van der Waals surface area contributed by atoms with Gasteiger partial charge >= 0.3 is 5.97 Å². The van der Waals surface area contributed by atoms with E-state index in [4.69, 9.17) is 10.5 Å². The lowest BCUT2D eigenvalue weighted by Crippen LogP contribution is -2.43. The van der Waals surface area contributed by atoms with Crippen molar-refractivity contribution in [3.8, 4) is 0 Å². The zero-order valence-electron chi connectivity index (χ0n) is 8.92. The number of hydrogen-bond donors (Lipinski definition) is 2. The Morgan fingerprint density at radius 1 is 1.38 bits per heavy atom. The van der Waals surface area contributed by atoms with E-state index in [0.29, 0.717) is 0 Å². The van der Waals surface area contributed by atoms with Crippen molar-refractivity contribution in [3.63, 3.8) is 0 Å². The van der Waals surface area contributed by atoms with Crippen molar-refractivity contribution < 1.29 is 14.6 Å². The van der Waals surface area contributed by atoms with E-state index in [2.05, 4.69) is 0 Å². The molecular weight excluding hydrogens is 170 g/mol. The van der Waals surface area contributed by atoms with Crippen LogP contribution in [0.15, 0.2) is 0 Å². The van der Waals surface area contributed by atoms with Crippen LogP contribution in [0.25, 0.3) is 0 Å². The highest BCUT2D eigenvalue weighted by Crippen LogP contribution is 2.18. The van der Waals surface area contributed by atoms with Crippen molar-refractivity contribution in [2.24, 2.45) is 11.7 Å². The van der Waals surface area contributed by atoms with Crippen LogP contribution in [0.2, 0.25) is 0 Å². The summed E-state index contributed by atoms with van der Waals surface area (Å²) in [7, 11) is 0. The molecule has 0 spiro atoms. The molecule has 0 aliphatic heterocycles. The summed E-state index contributed by atoms with van der Waals surface area (Å²) in [5, 5.41) is 9.51. The Morgan fingerprint density at radius 3 is 2.00 bits per heavy atom. The number of aliphatic hydroxyl groups is 1. The average molecular weight is 189 g/mol. The Bertz CT molecular complexity index is 188. The zero-order chi connectivity index (χ0) is 10.9. The third-order valence-corrected chi connectivity index (χ3v) is 1.78. The molecule has 0 amide bonds. The molecule has 0 saturated heterocycles. The predicted octanol–water partition coefficient (Wildman–Crippen LogP) is 0.631. The summed E-state index contributed by atoms with van der Waals surface area (Å²) in [5.74, 6) is -1.07.